The fourth-order valence-corrected chi connectivity index (χ4v) is 2.02. The molecule has 5 nitrogen and oxygen atoms in total. The maximum Gasteiger partial charge on any atom is 0.195 e. The Bertz CT molecular complexity index is 239. The highest BCUT2D eigenvalue weighted by atomic mass is 16.5. The van der Waals surface area contributed by atoms with E-state index in [9.17, 15) is 0 Å². The van der Waals surface area contributed by atoms with Crippen LogP contribution in [0.15, 0.2) is 4.99 Å². The largest absolute Gasteiger partial charge is 0.379 e. The second kappa shape index (κ2) is 8.32. The van der Waals surface area contributed by atoms with Gasteiger partial charge in [-0.15, -0.1) is 0 Å². The number of rotatable bonds is 6. The molecule has 0 spiro atoms. The van der Waals surface area contributed by atoms with Crippen LogP contribution in [-0.4, -0.2) is 76.4 Å². The third-order valence-electron chi connectivity index (χ3n) is 2.83. The Labute approximate surface area is 111 Å². The second-order valence-corrected chi connectivity index (χ2v) is 5.03. The predicted octanol–water partition coefficient (Wildman–Crippen LogP) is 1.05. The van der Waals surface area contributed by atoms with Crippen molar-refractivity contribution in [3.63, 3.8) is 0 Å². The minimum absolute atomic E-state index is 0.326. The van der Waals surface area contributed by atoms with Gasteiger partial charge in [-0.25, -0.2) is 0 Å². The number of guanidine groups is 1. The van der Waals surface area contributed by atoms with Crippen molar-refractivity contribution in [1.82, 2.24) is 9.80 Å². The molecule has 0 aromatic carbocycles. The molecular formula is C13H27N3O2. The molecule has 0 aromatic heterocycles. The van der Waals surface area contributed by atoms with Gasteiger partial charge < -0.3 is 19.3 Å². The maximum atomic E-state index is 5.60. The van der Waals surface area contributed by atoms with Gasteiger partial charge in [-0.2, -0.15) is 0 Å². The van der Waals surface area contributed by atoms with E-state index in [-0.39, 0.29) is 0 Å². The van der Waals surface area contributed by atoms with Crippen LogP contribution in [0.2, 0.25) is 0 Å². The number of aliphatic imine (C=N–C) groups is 1. The first-order valence-electron chi connectivity index (χ1n) is 6.69. The van der Waals surface area contributed by atoms with Crippen molar-refractivity contribution >= 4 is 5.96 Å². The summed E-state index contributed by atoms with van der Waals surface area (Å²) >= 11 is 0. The van der Waals surface area contributed by atoms with Crippen LogP contribution < -0.4 is 0 Å². The summed E-state index contributed by atoms with van der Waals surface area (Å²) in [7, 11) is 8.03. The van der Waals surface area contributed by atoms with Gasteiger partial charge in [0.05, 0.1) is 12.7 Å². The van der Waals surface area contributed by atoms with Crippen molar-refractivity contribution in [2.45, 2.75) is 25.4 Å². The third kappa shape index (κ3) is 5.69. The lowest BCUT2D eigenvalue weighted by Crippen LogP contribution is -2.35. The molecule has 0 N–H and O–H groups in total. The van der Waals surface area contributed by atoms with Crippen LogP contribution in [0.25, 0.3) is 0 Å². The van der Waals surface area contributed by atoms with Gasteiger partial charge in [0.1, 0.15) is 0 Å². The quantitative estimate of drug-likeness (QED) is 0.405. The minimum atomic E-state index is 0.326. The molecule has 106 valence electrons. The lowest BCUT2D eigenvalue weighted by molar-refractivity contribution is 0.0170. The molecule has 1 aliphatic rings. The summed E-state index contributed by atoms with van der Waals surface area (Å²) in [4.78, 5) is 8.59. The van der Waals surface area contributed by atoms with E-state index in [4.69, 9.17) is 9.47 Å². The standard InChI is InChI=1S/C13H27N3O2/c1-15(2)13(16(3)4)14-8-6-9-17-11-12-7-5-10-18-12/h12H,5-11H2,1-4H3. The topological polar surface area (TPSA) is 37.3 Å². The minimum Gasteiger partial charge on any atom is -0.379 e. The van der Waals surface area contributed by atoms with Crippen molar-refractivity contribution in [1.29, 1.82) is 0 Å². The molecule has 0 bridgehead atoms. The van der Waals surface area contributed by atoms with Gasteiger partial charge >= 0.3 is 0 Å². The summed E-state index contributed by atoms with van der Waals surface area (Å²) in [6, 6.07) is 0. The molecule has 1 aliphatic heterocycles. The smallest absolute Gasteiger partial charge is 0.195 e. The molecule has 1 unspecified atom stereocenters. The summed E-state index contributed by atoms with van der Waals surface area (Å²) in [5.74, 6) is 0.995. The van der Waals surface area contributed by atoms with Crippen LogP contribution in [0.3, 0.4) is 0 Å². The van der Waals surface area contributed by atoms with E-state index in [2.05, 4.69) is 4.99 Å². The Morgan fingerprint density at radius 2 is 2.00 bits per heavy atom. The van der Waals surface area contributed by atoms with Crippen LogP contribution in [0.4, 0.5) is 0 Å². The zero-order valence-electron chi connectivity index (χ0n) is 12.2. The monoisotopic (exact) mass is 257 g/mol. The third-order valence-corrected chi connectivity index (χ3v) is 2.83. The Morgan fingerprint density at radius 3 is 2.56 bits per heavy atom. The molecule has 1 fully saturated rings. The van der Waals surface area contributed by atoms with Crippen LogP contribution in [0.5, 0.6) is 0 Å². The van der Waals surface area contributed by atoms with Gasteiger partial charge in [0, 0.05) is 47.9 Å². The molecular weight excluding hydrogens is 230 g/mol. The molecule has 5 heteroatoms. The SMILES string of the molecule is CN(C)C(=NCCCOCC1CCCO1)N(C)C. The van der Waals surface area contributed by atoms with E-state index in [1.165, 1.54) is 6.42 Å². The predicted molar refractivity (Wildman–Crippen MR) is 74.1 cm³/mol. The zero-order chi connectivity index (χ0) is 13.4. The number of hydrogen-bond donors (Lipinski definition) is 0. The van der Waals surface area contributed by atoms with E-state index in [1.54, 1.807) is 0 Å². The second-order valence-electron chi connectivity index (χ2n) is 5.03. The Morgan fingerprint density at radius 1 is 1.28 bits per heavy atom. The zero-order valence-corrected chi connectivity index (χ0v) is 12.2. The Hall–Kier alpha value is -0.810. The molecule has 1 rings (SSSR count). The Balaban J connectivity index is 2.07. The van der Waals surface area contributed by atoms with Crippen molar-refractivity contribution in [2.75, 3.05) is 54.6 Å². The molecule has 0 amide bonds. The van der Waals surface area contributed by atoms with Gasteiger partial charge in [0.15, 0.2) is 5.96 Å². The normalized spacial score (nSPS) is 18.8. The molecule has 1 heterocycles. The first-order valence-corrected chi connectivity index (χ1v) is 6.69. The summed E-state index contributed by atoms with van der Waals surface area (Å²) in [6.45, 7) is 3.19. The van der Waals surface area contributed by atoms with Crippen LogP contribution in [-0.2, 0) is 9.47 Å². The van der Waals surface area contributed by atoms with E-state index in [0.717, 1.165) is 45.2 Å². The molecule has 1 atom stereocenters. The van der Waals surface area contributed by atoms with Gasteiger partial charge in [-0.3, -0.25) is 4.99 Å². The molecule has 0 radical (unpaired) electrons. The average Bonchev–Trinajstić information content (AvgIpc) is 2.79. The Kier molecular flexibility index (Phi) is 7.05. The van der Waals surface area contributed by atoms with Gasteiger partial charge in [0.25, 0.3) is 0 Å². The van der Waals surface area contributed by atoms with E-state index in [1.807, 2.05) is 38.0 Å². The van der Waals surface area contributed by atoms with Gasteiger partial charge in [-0.1, -0.05) is 0 Å². The molecule has 18 heavy (non-hydrogen) atoms. The first kappa shape index (κ1) is 15.2. The highest BCUT2D eigenvalue weighted by Crippen LogP contribution is 2.11. The van der Waals surface area contributed by atoms with Crippen molar-refractivity contribution in [3.8, 4) is 0 Å². The summed E-state index contributed by atoms with van der Waals surface area (Å²) in [6.07, 6.45) is 3.60. The van der Waals surface area contributed by atoms with Crippen LogP contribution >= 0.6 is 0 Å². The number of ether oxygens (including phenoxy) is 2. The number of nitrogens with zero attached hydrogens (tertiary/aromatic N) is 3. The highest BCUT2D eigenvalue weighted by Gasteiger charge is 2.14. The lowest BCUT2D eigenvalue weighted by atomic mass is 10.2. The van der Waals surface area contributed by atoms with Gasteiger partial charge in [-0.05, 0) is 19.3 Å². The summed E-state index contributed by atoms with van der Waals surface area (Å²) in [5.41, 5.74) is 0. The van der Waals surface area contributed by atoms with Crippen molar-refractivity contribution in [3.05, 3.63) is 0 Å². The highest BCUT2D eigenvalue weighted by molar-refractivity contribution is 5.79. The average molecular weight is 257 g/mol. The van der Waals surface area contributed by atoms with Crippen LogP contribution in [0.1, 0.15) is 19.3 Å². The maximum absolute atomic E-state index is 5.60. The van der Waals surface area contributed by atoms with Crippen LogP contribution in [0, 0.1) is 0 Å². The number of hydrogen-bond acceptors (Lipinski definition) is 3. The molecule has 0 aliphatic carbocycles. The van der Waals surface area contributed by atoms with E-state index in [0.29, 0.717) is 6.10 Å². The first-order chi connectivity index (χ1) is 8.61. The fourth-order valence-electron chi connectivity index (χ4n) is 2.02. The molecule has 0 aromatic rings. The summed E-state index contributed by atoms with van der Waals surface area (Å²) < 4.78 is 11.1. The fraction of sp³-hybridized carbons (Fsp3) is 0.923. The lowest BCUT2D eigenvalue weighted by Gasteiger charge is -2.22. The van der Waals surface area contributed by atoms with Crippen molar-refractivity contribution in [2.24, 2.45) is 4.99 Å². The summed E-state index contributed by atoms with van der Waals surface area (Å²) in [5, 5.41) is 0. The van der Waals surface area contributed by atoms with Crippen molar-refractivity contribution < 1.29 is 9.47 Å². The van der Waals surface area contributed by atoms with E-state index >= 15 is 0 Å². The van der Waals surface area contributed by atoms with E-state index < -0.39 is 0 Å². The van der Waals surface area contributed by atoms with Gasteiger partial charge in [0.2, 0.25) is 0 Å². The molecule has 1 saturated heterocycles. The molecule has 0 saturated carbocycles.